The van der Waals surface area contributed by atoms with Crippen LogP contribution in [0.4, 0.5) is 5.69 Å². The van der Waals surface area contributed by atoms with Crippen LogP contribution >= 0.6 is 0 Å². The molecule has 2 aliphatic rings. The maximum atomic E-state index is 13.1. The number of carbonyl (C=O) groups excluding carboxylic acids is 5. The maximum absolute atomic E-state index is 13.1. The van der Waals surface area contributed by atoms with Crippen molar-refractivity contribution in [2.24, 2.45) is 0 Å². The average Bonchev–Trinajstić information content (AvgIpc) is 3.35. The van der Waals surface area contributed by atoms with Crippen molar-refractivity contribution in [1.82, 2.24) is 10.2 Å². The molecule has 2 N–H and O–H groups in total. The summed E-state index contributed by atoms with van der Waals surface area (Å²) in [6.45, 7) is 1.47. The third kappa shape index (κ3) is 13.4. The first-order chi connectivity index (χ1) is 21.8. The van der Waals surface area contributed by atoms with Gasteiger partial charge in [-0.25, -0.2) is 0 Å². The number of amides is 4. The number of benzene rings is 2. The number of carbonyl (C=O) groups is 5. The van der Waals surface area contributed by atoms with E-state index < -0.39 is 5.97 Å². The summed E-state index contributed by atoms with van der Waals surface area (Å²) in [5.74, 6) is -1.47. The molecule has 0 aromatic heterocycles. The average molecular weight is 656 g/mol. The van der Waals surface area contributed by atoms with Gasteiger partial charge in [0.1, 0.15) is 0 Å². The van der Waals surface area contributed by atoms with Crippen LogP contribution in [0.3, 0.4) is 0 Å². The van der Waals surface area contributed by atoms with Crippen molar-refractivity contribution in [3.63, 3.8) is 0 Å². The number of hydrogen-bond donors (Lipinski definition) is 2. The standard InChI is InChI=1S/C25H30N2O4.C10H12NO3.K/c28-23(26-17-7-1-2-12-25(30)31)15-16-24(29)27-18-21-10-4-3-8-19(21)13-14-20-9-5-6-11-22(20)27;12-8-4-2-1-3-7-11-9(13)5-6-10(11)14;/h3-6,8-11H,1-2,7,12-18H2,(H,26,28)(H,30,31);5-6H,1-4,7H2;/q;-1;+1. The van der Waals surface area contributed by atoms with Gasteiger partial charge in [-0.2, -0.15) is 6.42 Å². The Hall–Kier alpha value is -2.96. The number of aliphatic carboxylic acids is 1. The Morgan fingerprint density at radius 1 is 0.761 bits per heavy atom. The molecule has 2 aromatic carbocycles. The van der Waals surface area contributed by atoms with Gasteiger partial charge in [0.05, 0.1) is 6.54 Å². The van der Waals surface area contributed by atoms with Gasteiger partial charge in [-0.3, -0.25) is 35.2 Å². The molecule has 0 spiro atoms. The van der Waals surface area contributed by atoms with E-state index in [-0.39, 0.29) is 94.3 Å². The topological polar surface area (TPSA) is 141 Å². The number of imide groups is 1. The molecule has 4 rings (SSSR count). The number of hydrogen-bond acceptors (Lipinski definition) is 6. The monoisotopic (exact) mass is 655 g/mol. The number of unbranched alkanes of at least 4 members (excludes halogenated alkanes) is 5. The second kappa shape index (κ2) is 21.8. The van der Waals surface area contributed by atoms with Crippen molar-refractivity contribution in [1.29, 1.82) is 0 Å². The molecule has 0 aliphatic carbocycles. The zero-order chi connectivity index (χ0) is 32.4. The summed E-state index contributed by atoms with van der Waals surface area (Å²) in [7, 11) is 0. The number of fused-ring (bicyclic) bond motifs is 2. The number of anilines is 1. The normalized spacial score (nSPS) is 13.3. The van der Waals surface area contributed by atoms with Crippen molar-refractivity contribution >= 4 is 41.6 Å². The summed E-state index contributed by atoms with van der Waals surface area (Å²) in [4.78, 5) is 70.8. The Morgan fingerprint density at radius 2 is 1.39 bits per heavy atom. The van der Waals surface area contributed by atoms with Gasteiger partial charge >= 0.3 is 57.4 Å². The van der Waals surface area contributed by atoms with Crippen molar-refractivity contribution in [3.05, 3.63) is 77.4 Å². The van der Waals surface area contributed by atoms with E-state index in [0.29, 0.717) is 32.5 Å². The van der Waals surface area contributed by atoms with Crippen LogP contribution in [0, 0.1) is 0 Å². The Balaban J connectivity index is 0.000000413. The molecule has 11 heteroatoms. The van der Waals surface area contributed by atoms with Crippen LogP contribution in [0.15, 0.2) is 60.7 Å². The van der Waals surface area contributed by atoms with Crippen molar-refractivity contribution in [2.45, 2.75) is 83.6 Å². The van der Waals surface area contributed by atoms with Crippen LogP contribution in [-0.4, -0.2) is 59.0 Å². The summed E-state index contributed by atoms with van der Waals surface area (Å²) in [6.07, 6.45) is 11.5. The Morgan fingerprint density at radius 3 is 2.09 bits per heavy atom. The van der Waals surface area contributed by atoms with Gasteiger partial charge in [0.2, 0.25) is 11.8 Å². The molecule has 0 radical (unpaired) electrons. The zero-order valence-corrected chi connectivity index (χ0v) is 29.8. The maximum Gasteiger partial charge on any atom is 1.00 e. The number of carboxylic acids is 1. The summed E-state index contributed by atoms with van der Waals surface area (Å²) in [5.41, 5.74) is 4.49. The molecule has 2 aliphatic heterocycles. The van der Waals surface area contributed by atoms with Gasteiger partial charge in [0.15, 0.2) is 0 Å². The minimum Gasteiger partial charge on any atom is -0.542 e. The number of para-hydroxylation sites is 1. The van der Waals surface area contributed by atoms with Crippen LogP contribution < -0.4 is 61.6 Å². The van der Waals surface area contributed by atoms with Crippen LogP contribution in [0.2, 0.25) is 0 Å². The third-order valence-corrected chi connectivity index (χ3v) is 7.71. The fourth-order valence-electron chi connectivity index (χ4n) is 5.23. The molecule has 2 aromatic rings. The van der Waals surface area contributed by atoms with Crippen molar-refractivity contribution in [3.8, 4) is 0 Å². The van der Waals surface area contributed by atoms with Crippen LogP contribution in [0.1, 0.15) is 80.9 Å². The van der Waals surface area contributed by atoms with E-state index in [4.69, 9.17) is 5.11 Å². The zero-order valence-electron chi connectivity index (χ0n) is 26.7. The second-order valence-corrected chi connectivity index (χ2v) is 11.0. The third-order valence-electron chi connectivity index (χ3n) is 7.71. The number of aryl methyl sites for hydroxylation is 2. The smallest absolute Gasteiger partial charge is 0.542 e. The molecule has 10 nitrogen and oxygen atoms in total. The predicted octanol–water partition coefficient (Wildman–Crippen LogP) is 1.45. The van der Waals surface area contributed by atoms with Gasteiger partial charge in [-0.05, 0) is 54.9 Å². The van der Waals surface area contributed by atoms with Crippen molar-refractivity contribution < 1.29 is 85.3 Å². The van der Waals surface area contributed by atoms with Crippen molar-refractivity contribution in [2.75, 3.05) is 18.0 Å². The molecular formula is C35H42KN3O7. The van der Waals surface area contributed by atoms with E-state index in [1.165, 1.54) is 22.6 Å². The molecule has 46 heavy (non-hydrogen) atoms. The first-order valence-electron chi connectivity index (χ1n) is 15.6. The van der Waals surface area contributed by atoms with Gasteiger partial charge in [-0.1, -0.05) is 61.7 Å². The van der Waals surface area contributed by atoms with Gasteiger partial charge in [-0.15, -0.1) is 0 Å². The first kappa shape index (κ1) is 39.2. The Labute approximate surface area is 313 Å². The molecule has 240 valence electrons. The van der Waals surface area contributed by atoms with Crippen LogP contribution in [0.25, 0.3) is 0 Å². The molecular weight excluding hydrogens is 613 g/mol. The summed E-state index contributed by atoms with van der Waals surface area (Å²) >= 11 is 0. The number of carboxylic acid groups (broad SMARTS) is 1. The van der Waals surface area contributed by atoms with E-state index in [2.05, 4.69) is 23.5 Å². The van der Waals surface area contributed by atoms with Crippen LogP contribution in [-0.2, 0) is 48.2 Å². The molecule has 0 saturated heterocycles. The molecule has 0 unspecified atom stereocenters. The van der Waals surface area contributed by atoms with E-state index in [0.717, 1.165) is 61.8 Å². The number of rotatable bonds is 15. The van der Waals surface area contributed by atoms with E-state index in [1.807, 2.05) is 35.2 Å². The number of nitrogens with one attached hydrogen (secondary N) is 1. The fourth-order valence-corrected chi connectivity index (χ4v) is 5.23. The van der Waals surface area contributed by atoms with E-state index >= 15 is 0 Å². The predicted molar refractivity (Wildman–Crippen MR) is 170 cm³/mol. The molecule has 0 saturated carbocycles. The minimum atomic E-state index is -0.795. The molecule has 0 atom stereocenters. The summed E-state index contributed by atoms with van der Waals surface area (Å²) < 4.78 is 0. The van der Waals surface area contributed by atoms with Gasteiger partial charge < -0.3 is 20.1 Å². The minimum absolute atomic E-state index is 0. The number of nitrogens with zero attached hydrogens (tertiary/aromatic N) is 2. The molecule has 0 bridgehead atoms. The molecule has 0 fully saturated rings. The Kier molecular flexibility index (Phi) is 18.6. The van der Waals surface area contributed by atoms with Gasteiger partial charge in [0, 0.05) is 50.2 Å². The quantitative estimate of drug-likeness (QED) is 0.128. The SMILES string of the molecule is O=C(O)CCCCCNC(=O)CCC(=O)N1Cc2ccccc2CCc2ccccc21.O=[C-]CCCCCN1C(=O)C=CC1=O.[K+]. The van der Waals surface area contributed by atoms with E-state index in [9.17, 15) is 28.8 Å². The molecule has 2 heterocycles. The first-order valence-corrected chi connectivity index (χ1v) is 15.6. The molecule has 4 amide bonds. The second-order valence-electron chi connectivity index (χ2n) is 11.0. The van der Waals surface area contributed by atoms with Gasteiger partial charge in [0.25, 0.3) is 11.8 Å². The Bertz CT molecular complexity index is 1360. The van der Waals surface area contributed by atoms with Crippen LogP contribution in [0.5, 0.6) is 0 Å². The summed E-state index contributed by atoms with van der Waals surface area (Å²) in [5, 5.41) is 11.5. The van der Waals surface area contributed by atoms with E-state index in [1.54, 1.807) is 6.29 Å². The summed E-state index contributed by atoms with van der Waals surface area (Å²) in [6, 6.07) is 16.2. The largest absolute Gasteiger partial charge is 1.00 e. The fraction of sp³-hybridized carbons (Fsp3) is 0.429.